The van der Waals surface area contributed by atoms with E-state index < -0.39 is 20.3 Å². The molecule has 1 saturated heterocycles. The number of hydrogen-bond acceptors (Lipinski definition) is 5. The number of nitrogens with two attached hydrogens (primary N) is 1. The Hall–Kier alpha value is -3.89. The molecule has 210 valence electrons. The first-order valence-electron chi connectivity index (χ1n) is 13.5. The molecule has 0 spiro atoms. The topological polar surface area (TPSA) is 134 Å². The predicted molar refractivity (Wildman–Crippen MR) is 163 cm³/mol. The van der Waals surface area contributed by atoms with E-state index in [1.807, 2.05) is 13.0 Å². The Morgan fingerprint density at radius 2 is 1.95 bits per heavy atom. The van der Waals surface area contributed by atoms with Gasteiger partial charge in [0.05, 0.1) is 11.6 Å². The molecule has 5 N–H and O–H groups in total. The third-order valence-corrected chi connectivity index (χ3v) is 13.0. The summed E-state index contributed by atoms with van der Waals surface area (Å²) >= 11 is 0. The lowest BCUT2D eigenvalue weighted by Gasteiger charge is -2.38. The average molecular weight is 560 g/mol. The summed E-state index contributed by atoms with van der Waals surface area (Å²) in [6.07, 6.45) is 1.69. The second-order valence-corrected chi connectivity index (χ2v) is 16.9. The summed E-state index contributed by atoms with van der Waals surface area (Å²) in [6, 6.07) is 11.7. The molecule has 9 nitrogen and oxygen atoms in total. The van der Waals surface area contributed by atoms with Crippen molar-refractivity contribution in [1.82, 2.24) is 9.97 Å². The molecule has 1 unspecified atom stereocenters. The van der Waals surface area contributed by atoms with Crippen molar-refractivity contribution in [2.45, 2.75) is 58.4 Å². The minimum Gasteiger partial charge on any atom is -0.465 e. The van der Waals surface area contributed by atoms with Crippen LogP contribution in [0, 0.1) is 6.92 Å². The molecule has 0 saturated carbocycles. The minimum absolute atomic E-state index is 0.162. The number of H-pyrrole nitrogens is 1. The van der Waals surface area contributed by atoms with Crippen molar-refractivity contribution in [2.24, 2.45) is 5.73 Å². The van der Waals surface area contributed by atoms with E-state index in [2.05, 4.69) is 72.2 Å². The monoisotopic (exact) mass is 559 g/mol. The highest BCUT2D eigenvalue weighted by Crippen LogP contribution is 2.41. The van der Waals surface area contributed by atoms with Crippen molar-refractivity contribution in [2.75, 3.05) is 23.3 Å². The van der Waals surface area contributed by atoms with Crippen LogP contribution in [0.3, 0.4) is 0 Å². The van der Waals surface area contributed by atoms with E-state index in [1.54, 1.807) is 18.3 Å². The number of pyridine rings is 1. The number of amides is 2. The number of primary amides is 1. The van der Waals surface area contributed by atoms with Gasteiger partial charge in [-0.15, -0.1) is 0 Å². The smallest absolute Gasteiger partial charge is 0.409 e. The summed E-state index contributed by atoms with van der Waals surface area (Å²) < 4.78 is 6.69. The van der Waals surface area contributed by atoms with E-state index >= 15 is 0 Å². The number of carboxylic acid groups (broad SMARTS) is 1. The summed E-state index contributed by atoms with van der Waals surface area (Å²) in [5.41, 5.74) is 11.2. The van der Waals surface area contributed by atoms with Gasteiger partial charge in [0.2, 0.25) is 0 Å². The average Bonchev–Trinajstić information content (AvgIpc) is 3.47. The maximum Gasteiger partial charge on any atom is 0.409 e. The van der Waals surface area contributed by atoms with Crippen LogP contribution < -0.4 is 16.0 Å². The van der Waals surface area contributed by atoms with Gasteiger partial charge in [0, 0.05) is 52.5 Å². The van der Waals surface area contributed by atoms with Crippen molar-refractivity contribution < 1.29 is 19.1 Å². The second kappa shape index (κ2) is 9.94. The van der Waals surface area contributed by atoms with Crippen molar-refractivity contribution >= 4 is 53.5 Å². The predicted octanol–water partition coefficient (Wildman–Crippen LogP) is 6.48. The van der Waals surface area contributed by atoms with Crippen LogP contribution >= 0.6 is 0 Å². The molecule has 2 amide bonds. The fourth-order valence-electron chi connectivity index (χ4n) is 5.32. The number of nitrogens with one attached hydrogen (secondary N) is 2. The van der Waals surface area contributed by atoms with Gasteiger partial charge in [-0.2, -0.15) is 0 Å². The van der Waals surface area contributed by atoms with Gasteiger partial charge < -0.3 is 25.2 Å². The Bertz CT molecular complexity index is 1640. The highest BCUT2D eigenvalue weighted by atomic mass is 28.4. The van der Waals surface area contributed by atoms with Crippen LogP contribution in [0.15, 0.2) is 42.6 Å². The van der Waals surface area contributed by atoms with Crippen molar-refractivity contribution in [1.29, 1.82) is 0 Å². The Morgan fingerprint density at radius 3 is 2.62 bits per heavy atom. The standard InChI is InChI=1S/C30H37N5O4Si/c1-17-20(8-7-9-23(17)34-29(37)38)22-15-32-27(28(31)36)26-25(22)21-11-10-18(14-24(21)33-26)35-13-12-19(16-35)39-40(5,6)30(2,3)4/h7-11,14-15,19,33-34H,12-13,16H2,1-6H3,(H2,31,36)(H,37,38). The number of hydrogen-bond donors (Lipinski definition) is 4. The number of fused-ring (bicyclic) bond motifs is 3. The quantitative estimate of drug-likeness (QED) is 0.200. The van der Waals surface area contributed by atoms with E-state index in [9.17, 15) is 14.7 Å². The highest BCUT2D eigenvalue weighted by molar-refractivity contribution is 6.74. The molecule has 1 atom stereocenters. The summed E-state index contributed by atoms with van der Waals surface area (Å²) in [5, 5.41) is 13.6. The molecule has 1 aliphatic rings. The molecule has 5 rings (SSSR count). The minimum atomic E-state index is -1.86. The number of carbonyl (C=O) groups excluding carboxylic acids is 1. The highest BCUT2D eigenvalue weighted by Gasteiger charge is 2.40. The number of anilines is 2. The molecular weight excluding hydrogens is 522 g/mol. The maximum atomic E-state index is 12.3. The zero-order chi connectivity index (χ0) is 29.0. The molecular formula is C30H37N5O4Si. The van der Waals surface area contributed by atoms with Crippen LogP contribution in [0.4, 0.5) is 16.2 Å². The van der Waals surface area contributed by atoms with Gasteiger partial charge >= 0.3 is 6.09 Å². The first kappa shape index (κ1) is 27.7. The number of nitrogens with zero attached hydrogens (tertiary/aromatic N) is 2. The lowest BCUT2D eigenvalue weighted by molar-refractivity contribution is 0.0997. The number of benzene rings is 2. The van der Waals surface area contributed by atoms with Gasteiger partial charge in [-0.1, -0.05) is 39.0 Å². The van der Waals surface area contributed by atoms with Crippen LogP contribution in [-0.2, 0) is 4.43 Å². The van der Waals surface area contributed by atoms with Crippen LogP contribution in [-0.4, -0.2) is 54.6 Å². The summed E-state index contributed by atoms with van der Waals surface area (Å²) in [4.78, 5) is 33.8. The lowest BCUT2D eigenvalue weighted by atomic mass is 9.96. The molecule has 2 aromatic carbocycles. The van der Waals surface area contributed by atoms with Crippen LogP contribution in [0.2, 0.25) is 18.1 Å². The summed E-state index contributed by atoms with van der Waals surface area (Å²) in [7, 11) is -1.86. The van der Waals surface area contributed by atoms with Gasteiger partial charge in [-0.25, -0.2) is 9.78 Å². The SMILES string of the molecule is Cc1c(NC(=O)O)cccc1-c1cnc(C(N)=O)c2[nH]c3cc(N4CCC(O[Si](C)(C)C(C)(C)C)C4)ccc3c12. The molecule has 0 radical (unpaired) electrons. The molecule has 10 heteroatoms. The Labute approximate surface area is 234 Å². The molecule has 4 aromatic rings. The molecule has 0 aliphatic carbocycles. The van der Waals surface area contributed by atoms with E-state index in [0.29, 0.717) is 11.2 Å². The maximum absolute atomic E-state index is 12.3. The largest absolute Gasteiger partial charge is 0.465 e. The third kappa shape index (κ3) is 4.93. The summed E-state index contributed by atoms with van der Waals surface area (Å²) in [6.45, 7) is 15.0. The second-order valence-electron chi connectivity index (χ2n) is 12.1. The van der Waals surface area contributed by atoms with Gasteiger partial charge in [0.1, 0.15) is 0 Å². The number of aromatic nitrogens is 2. The number of carbonyl (C=O) groups is 2. The van der Waals surface area contributed by atoms with Crippen molar-refractivity contribution in [3.8, 4) is 11.1 Å². The molecule has 2 aromatic heterocycles. The zero-order valence-electron chi connectivity index (χ0n) is 23.9. The van der Waals surface area contributed by atoms with Gasteiger partial charge in [-0.05, 0) is 60.8 Å². The van der Waals surface area contributed by atoms with Gasteiger partial charge in [-0.3, -0.25) is 10.1 Å². The van der Waals surface area contributed by atoms with E-state index in [-0.39, 0.29) is 16.8 Å². The van der Waals surface area contributed by atoms with Crippen molar-refractivity contribution in [3.63, 3.8) is 0 Å². The molecule has 1 fully saturated rings. The number of aromatic amines is 1. The Kier molecular flexibility index (Phi) is 6.87. The van der Waals surface area contributed by atoms with E-state index in [4.69, 9.17) is 10.2 Å². The van der Waals surface area contributed by atoms with Crippen LogP contribution in [0.5, 0.6) is 0 Å². The third-order valence-electron chi connectivity index (χ3n) is 8.49. The summed E-state index contributed by atoms with van der Waals surface area (Å²) in [5.74, 6) is -0.619. The Balaban J connectivity index is 1.56. The van der Waals surface area contributed by atoms with Crippen molar-refractivity contribution in [3.05, 3.63) is 53.9 Å². The molecule has 1 aliphatic heterocycles. The van der Waals surface area contributed by atoms with Gasteiger partial charge in [0.25, 0.3) is 5.91 Å². The first-order valence-corrected chi connectivity index (χ1v) is 16.4. The zero-order valence-corrected chi connectivity index (χ0v) is 24.9. The molecule has 40 heavy (non-hydrogen) atoms. The fourth-order valence-corrected chi connectivity index (χ4v) is 6.70. The Morgan fingerprint density at radius 1 is 1.20 bits per heavy atom. The van der Waals surface area contributed by atoms with Crippen LogP contribution in [0.25, 0.3) is 32.9 Å². The van der Waals surface area contributed by atoms with Gasteiger partial charge in [0.15, 0.2) is 14.0 Å². The molecule has 0 bridgehead atoms. The van der Waals surface area contributed by atoms with Crippen LogP contribution in [0.1, 0.15) is 43.2 Å². The normalized spacial score (nSPS) is 16.1. The first-order chi connectivity index (χ1) is 18.8. The fraction of sp³-hybridized carbons (Fsp3) is 0.367. The molecule has 3 heterocycles. The number of rotatable bonds is 6. The lowest BCUT2D eigenvalue weighted by Crippen LogP contribution is -2.44. The van der Waals surface area contributed by atoms with E-state index in [1.165, 1.54) is 0 Å². The van der Waals surface area contributed by atoms with E-state index in [0.717, 1.165) is 58.2 Å².